The average molecular weight is 298 g/mol. The normalized spacial score (nSPS) is 20.9. The first-order chi connectivity index (χ1) is 9.45. The number of rotatable bonds is 5. The molecule has 0 heterocycles. The van der Waals surface area contributed by atoms with E-state index in [9.17, 15) is 0 Å². The lowest BCUT2D eigenvalue weighted by molar-refractivity contribution is 0.353. The van der Waals surface area contributed by atoms with Crippen molar-refractivity contribution in [3.8, 4) is 11.5 Å². The maximum Gasteiger partial charge on any atom is 0.179 e. The van der Waals surface area contributed by atoms with Crippen molar-refractivity contribution in [2.24, 2.45) is 5.41 Å². The largest absolute Gasteiger partial charge is 0.493 e. The zero-order valence-corrected chi connectivity index (χ0v) is 13.5. The highest BCUT2D eigenvalue weighted by atomic mass is 35.5. The minimum Gasteiger partial charge on any atom is -0.493 e. The summed E-state index contributed by atoms with van der Waals surface area (Å²) in [5.41, 5.74) is 1.59. The summed E-state index contributed by atoms with van der Waals surface area (Å²) in [5, 5.41) is 4.21. The molecule has 1 fully saturated rings. The Bertz CT molecular complexity index is 474. The Hall–Kier alpha value is -0.930. The van der Waals surface area contributed by atoms with E-state index >= 15 is 0 Å². The quantitative estimate of drug-likeness (QED) is 0.890. The van der Waals surface area contributed by atoms with Crippen LogP contribution in [0.15, 0.2) is 12.1 Å². The van der Waals surface area contributed by atoms with Crippen LogP contribution < -0.4 is 14.8 Å². The van der Waals surface area contributed by atoms with Gasteiger partial charge in [-0.05, 0) is 42.4 Å². The molecule has 1 aromatic rings. The average Bonchev–Trinajstić information content (AvgIpc) is 2.75. The minimum atomic E-state index is 0.465. The summed E-state index contributed by atoms with van der Waals surface area (Å²) in [7, 11) is 3.23. The molecule has 0 amide bonds. The third-order valence-electron chi connectivity index (χ3n) is 4.06. The van der Waals surface area contributed by atoms with Crippen molar-refractivity contribution in [2.75, 3.05) is 14.2 Å². The predicted octanol–water partition coefficient (Wildman–Crippen LogP) is 4.03. The van der Waals surface area contributed by atoms with Crippen LogP contribution in [0.3, 0.4) is 0 Å². The summed E-state index contributed by atoms with van der Waals surface area (Å²) in [6.45, 7) is 5.48. The van der Waals surface area contributed by atoms with E-state index < -0.39 is 0 Å². The molecule has 20 heavy (non-hydrogen) atoms. The van der Waals surface area contributed by atoms with Gasteiger partial charge >= 0.3 is 0 Å². The van der Waals surface area contributed by atoms with Gasteiger partial charge in [-0.3, -0.25) is 0 Å². The summed E-state index contributed by atoms with van der Waals surface area (Å²) < 4.78 is 10.6. The van der Waals surface area contributed by atoms with E-state index in [4.69, 9.17) is 21.1 Å². The van der Waals surface area contributed by atoms with Crippen LogP contribution in [0.4, 0.5) is 0 Å². The molecule has 1 unspecified atom stereocenters. The Kier molecular flexibility index (Phi) is 4.82. The Balaban J connectivity index is 2.02. The molecule has 1 aromatic carbocycles. The number of hydrogen-bond acceptors (Lipinski definition) is 3. The molecule has 0 saturated heterocycles. The lowest BCUT2D eigenvalue weighted by Gasteiger charge is -2.18. The van der Waals surface area contributed by atoms with Crippen molar-refractivity contribution >= 4 is 11.6 Å². The fourth-order valence-corrected chi connectivity index (χ4v) is 3.26. The smallest absolute Gasteiger partial charge is 0.179 e. The molecule has 112 valence electrons. The van der Waals surface area contributed by atoms with Gasteiger partial charge in [-0.25, -0.2) is 0 Å². The molecule has 2 rings (SSSR count). The van der Waals surface area contributed by atoms with Gasteiger partial charge in [0, 0.05) is 12.6 Å². The van der Waals surface area contributed by atoms with Crippen LogP contribution in [-0.4, -0.2) is 20.3 Å². The van der Waals surface area contributed by atoms with Gasteiger partial charge < -0.3 is 14.8 Å². The van der Waals surface area contributed by atoms with Crippen LogP contribution in [0.25, 0.3) is 0 Å². The maximum absolute atomic E-state index is 6.22. The topological polar surface area (TPSA) is 30.5 Å². The standard InChI is InChI=1S/C16H24ClNO2/c1-16(2)6-5-12(9-16)18-10-11-7-13(17)15(20-4)14(8-11)19-3/h7-8,12,18H,5-6,9-10H2,1-4H3. The van der Waals surface area contributed by atoms with Gasteiger partial charge in [0.2, 0.25) is 0 Å². The SMILES string of the molecule is COc1cc(CNC2CCC(C)(C)C2)cc(Cl)c1OC. The van der Waals surface area contributed by atoms with Crippen LogP contribution in [0.5, 0.6) is 11.5 Å². The lowest BCUT2D eigenvalue weighted by atomic mass is 9.92. The van der Waals surface area contributed by atoms with Crippen molar-refractivity contribution in [2.45, 2.75) is 45.7 Å². The monoisotopic (exact) mass is 297 g/mol. The molecule has 1 aliphatic rings. The number of nitrogens with one attached hydrogen (secondary N) is 1. The minimum absolute atomic E-state index is 0.465. The Morgan fingerprint density at radius 2 is 2.05 bits per heavy atom. The highest BCUT2D eigenvalue weighted by Crippen LogP contribution is 2.38. The molecule has 0 spiro atoms. The van der Waals surface area contributed by atoms with Gasteiger partial charge in [-0.2, -0.15) is 0 Å². The summed E-state index contributed by atoms with van der Waals surface area (Å²) in [6, 6.07) is 4.52. The van der Waals surface area contributed by atoms with Gasteiger partial charge in [0.05, 0.1) is 19.2 Å². The molecule has 1 atom stereocenters. The summed E-state index contributed by atoms with van der Waals surface area (Å²) in [6.07, 6.45) is 3.76. The molecule has 1 N–H and O–H groups in total. The van der Waals surface area contributed by atoms with Crippen molar-refractivity contribution in [3.05, 3.63) is 22.7 Å². The zero-order chi connectivity index (χ0) is 14.8. The number of methoxy groups -OCH3 is 2. The van der Waals surface area contributed by atoms with Crippen LogP contribution >= 0.6 is 11.6 Å². The molecular weight excluding hydrogens is 274 g/mol. The van der Waals surface area contributed by atoms with Crippen LogP contribution in [0, 0.1) is 5.41 Å². The number of halogens is 1. The van der Waals surface area contributed by atoms with Gasteiger partial charge in [-0.15, -0.1) is 0 Å². The maximum atomic E-state index is 6.22. The van der Waals surface area contributed by atoms with Crippen LogP contribution in [-0.2, 0) is 6.54 Å². The van der Waals surface area contributed by atoms with E-state index in [0.29, 0.717) is 28.0 Å². The number of ether oxygens (including phenoxy) is 2. The fourth-order valence-electron chi connectivity index (χ4n) is 2.95. The number of benzene rings is 1. The van der Waals surface area contributed by atoms with Gasteiger partial charge in [-0.1, -0.05) is 25.4 Å². The van der Waals surface area contributed by atoms with Crippen LogP contribution in [0.2, 0.25) is 5.02 Å². The van der Waals surface area contributed by atoms with E-state index in [0.717, 1.165) is 12.1 Å². The highest BCUT2D eigenvalue weighted by Gasteiger charge is 2.30. The first-order valence-electron chi connectivity index (χ1n) is 7.09. The molecule has 0 aromatic heterocycles. The van der Waals surface area contributed by atoms with Crippen molar-refractivity contribution < 1.29 is 9.47 Å². The third kappa shape index (κ3) is 3.58. The third-order valence-corrected chi connectivity index (χ3v) is 4.34. The van der Waals surface area contributed by atoms with Gasteiger partial charge in [0.1, 0.15) is 0 Å². The van der Waals surface area contributed by atoms with Gasteiger partial charge in [0.15, 0.2) is 11.5 Å². The zero-order valence-electron chi connectivity index (χ0n) is 12.8. The van der Waals surface area contributed by atoms with Crippen LogP contribution in [0.1, 0.15) is 38.7 Å². The Morgan fingerprint density at radius 3 is 2.60 bits per heavy atom. The molecule has 3 nitrogen and oxygen atoms in total. The summed E-state index contributed by atoms with van der Waals surface area (Å²) in [4.78, 5) is 0. The van der Waals surface area contributed by atoms with Crippen molar-refractivity contribution in [1.29, 1.82) is 0 Å². The van der Waals surface area contributed by atoms with E-state index in [1.807, 2.05) is 12.1 Å². The fraction of sp³-hybridized carbons (Fsp3) is 0.625. The molecule has 0 radical (unpaired) electrons. The van der Waals surface area contributed by atoms with Crippen molar-refractivity contribution in [3.63, 3.8) is 0 Å². The van der Waals surface area contributed by atoms with E-state index in [2.05, 4.69) is 19.2 Å². The Labute approximate surface area is 126 Å². The first-order valence-corrected chi connectivity index (χ1v) is 7.47. The first kappa shape index (κ1) is 15.5. The molecule has 1 saturated carbocycles. The summed E-state index contributed by atoms with van der Waals surface area (Å²) in [5.74, 6) is 1.28. The second-order valence-corrected chi connectivity index (χ2v) is 6.71. The molecule has 0 bridgehead atoms. The second-order valence-electron chi connectivity index (χ2n) is 6.30. The highest BCUT2D eigenvalue weighted by molar-refractivity contribution is 6.32. The molecule has 0 aliphatic heterocycles. The predicted molar refractivity (Wildman–Crippen MR) is 82.8 cm³/mol. The van der Waals surface area contributed by atoms with E-state index in [1.54, 1.807) is 14.2 Å². The number of hydrogen-bond donors (Lipinski definition) is 1. The molecule has 4 heteroatoms. The Morgan fingerprint density at radius 1 is 1.30 bits per heavy atom. The van der Waals surface area contributed by atoms with Crippen molar-refractivity contribution in [1.82, 2.24) is 5.32 Å². The van der Waals surface area contributed by atoms with E-state index in [-0.39, 0.29) is 0 Å². The second kappa shape index (κ2) is 6.23. The summed E-state index contributed by atoms with van der Waals surface area (Å²) >= 11 is 6.22. The molecular formula is C16H24ClNO2. The van der Waals surface area contributed by atoms with E-state index in [1.165, 1.54) is 19.3 Å². The molecule has 1 aliphatic carbocycles. The lowest BCUT2D eigenvalue weighted by Crippen LogP contribution is -2.26. The van der Waals surface area contributed by atoms with Gasteiger partial charge in [0.25, 0.3) is 0 Å².